The largest absolute Gasteiger partial charge is 0.495 e. The lowest BCUT2D eigenvalue weighted by Crippen LogP contribution is -2.27. The molecule has 1 aromatic heterocycles. The molecule has 0 spiro atoms. The number of aromatic nitrogens is 1. The van der Waals surface area contributed by atoms with Crippen LogP contribution in [-0.4, -0.2) is 29.7 Å². The van der Waals surface area contributed by atoms with Crippen molar-refractivity contribution in [2.24, 2.45) is 0 Å². The quantitative estimate of drug-likeness (QED) is 0.691. The summed E-state index contributed by atoms with van der Waals surface area (Å²) in [5.74, 6) is -0.145. The van der Waals surface area contributed by atoms with Crippen LogP contribution in [0.3, 0.4) is 0 Å². The molecule has 0 atom stereocenters. The molecular weight excluding hydrogens is 393 g/mol. The molecule has 0 unspecified atom stereocenters. The normalized spacial score (nSPS) is 10.9. The number of nitrogens with zero attached hydrogens (tertiary/aromatic N) is 1. The predicted octanol–water partition coefficient (Wildman–Crippen LogP) is 5.00. The fourth-order valence-electron chi connectivity index (χ4n) is 2.06. The first-order valence-electron chi connectivity index (χ1n) is 7.90. The summed E-state index contributed by atoms with van der Waals surface area (Å²) in [7, 11) is 1.46. The molecule has 1 aromatic carbocycles. The van der Waals surface area contributed by atoms with Gasteiger partial charge in [-0.1, -0.05) is 23.2 Å². The maximum Gasteiger partial charge on any atom is 0.412 e. The van der Waals surface area contributed by atoms with Crippen molar-refractivity contribution < 1.29 is 19.1 Å². The highest BCUT2D eigenvalue weighted by Gasteiger charge is 2.19. The van der Waals surface area contributed by atoms with Gasteiger partial charge in [-0.25, -0.2) is 9.78 Å². The van der Waals surface area contributed by atoms with Gasteiger partial charge in [0.1, 0.15) is 22.2 Å². The Morgan fingerprint density at radius 3 is 2.41 bits per heavy atom. The Bertz CT molecular complexity index is 866. The monoisotopic (exact) mass is 411 g/mol. The van der Waals surface area contributed by atoms with E-state index in [2.05, 4.69) is 15.6 Å². The first kappa shape index (κ1) is 20.8. The summed E-state index contributed by atoms with van der Waals surface area (Å²) < 4.78 is 10.4. The summed E-state index contributed by atoms with van der Waals surface area (Å²) in [6.45, 7) is 5.26. The van der Waals surface area contributed by atoms with Crippen molar-refractivity contribution in [1.82, 2.24) is 4.98 Å². The zero-order valence-electron chi connectivity index (χ0n) is 15.2. The van der Waals surface area contributed by atoms with E-state index in [1.54, 1.807) is 32.9 Å². The average Bonchev–Trinajstić information content (AvgIpc) is 2.55. The molecule has 0 aliphatic rings. The van der Waals surface area contributed by atoms with Crippen LogP contribution < -0.4 is 15.4 Å². The number of halogens is 2. The van der Waals surface area contributed by atoms with Crippen LogP contribution in [0.15, 0.2) is 30.3 Å². The Labute approximate surface area is 167 Å². The standard InChI is InChI=1S/C18H19Cl2N3O4/c1-18(2,3)27-17(25)22-12-9-10(5-7-13(12)26-4)21-16(24)15-11(19)6-8-14(20)23-15/h5-9H,1-4H3,(H,21,24)(H,22,25). The Morgan fingerprint density at radius 2 is 1.78 bits per heavy atom. The van der Waals surface area contributed by atoms with E-state index in [0.717, 1.165) is 0 Å². The Hall–Kier alpha value is -2.51. The molecule has 144 valence electrons. The number of rotatable bonds is 4. The average molecular weight is 412 g/mol. The maximum absolute atomic E-state index is 12.4. The molecular formula is C18H19Cl2N3O4. The number of pyridine rings is 1. The number of methoxy groups -OCH3 is 1. The Morgan fingerprint density at radius 1 is 1.07 bits per heavy atom. The fourth-order valence-corrected chi connectivity index (χ4v) is 2.40. The highest BCUT2D eigenvalue weighted by molar-refractivity contribution is 6.35. The first-order valence-corrected chi connectivity index (χ1v) is 8.66. The molecule has 1 heterocycles. The van der Waals surface area contributed by atoms with E-state index in [9.17, 15) is 9.59 Å². The van der Waals surface area contributed by atoms with E-state index < -0.39 is 17.6 Å². The number of anilines is 2. The Balaban J connectivity index is 2.22. The number of benzene rings is 1. The molecule has 2 amide bonds. The SMILES string of the molecule is COc1ccc(NC(=O)c2nc(Cl)ccc2Cl)cc1NC(=O)OC(C)(C)C. The van der Waals surface area contributed by atoms with Crippen molar-refractivity contribution in [3.63, 3.8) is 0 Å². The van der Waals surface area contributed by atoms with E-state index in [1.165, 1.54) is 25.3 Å². The lowest BCUT2D eigenvalue weighted by Gasteiger charge is -2.20. The van der Waals surface area contributed by atoms with Gasteiger partial charge >= 0.3 is 6.09 Å². The van der Waals surface area contributed by atoms with Crippen molar-refractivity contribution in [3.8, 4) is 5.75 Å². The number of carbonyl (C=O) groups excluding carboxylic acids is 2. The van der Waals surface area contributed by atoms with E-state index >= 15 is 0 Å². The van der Waals surface area contributed by atoms with E-state index in [-0.39, 0.29) is 15.9 Å². The van der Waals surface area contributed by atoms with Gasteiger partial charge in [-0.3, -0.25) is 10.1 Å². The van der Waals surface area contributed by atoms with Gasteiger partial charge in [0.25, 0.3) is 5.91 Å². The summed E-state index contributed by atoms with van der Waals surface area (Å²) in [6, 6.07) is 7.69. The predicted molar refractivity (Wildman–Crippen MR) is 105 cm³/mol. The zero-order chi connectivity index (χ0) is 20.2. The van der Waals surface area contributed by atoms with Crippen LogP contribution in [0.4, 0.5) is 16.2 Å². The summed E-state index contributed by atoms with van der Waals surface area (Å²) in [5, 5.41) is 5.55. The van der Waals surface area contributed by atoms with Gasteiger partial charge in [0.2, 0.25) is 0 Å². The van der Waals surface area contributed by atoms with Gasteiger partial charge in [0.05, 0.1) is 17.8 Å². The van der Waals surface area contributed by atoms with Crippen molar-refractivity contribution in [2.75, 3.05) is 17.7 Å². The van der Waals surface area contributed by atoms with E-state index in [0.29, 0.717) is 17.1 Å². The topological polar surface area (TPSA) is 89.5 Å². The number of nitrogens with one attached hydrogen (secondary N) is 2. The molecule has 0 aliphatic heterocycles. The minimum atomic E-state index is -0.655. The molecule has 27 heavy (non-hydrogen) atoms. The van der Waals surface area contributed by atoms with Gasteiger partial charge < -0.3 is 14.8 Å². The third-order valence-corrected chi connectivity index (χ3v) is 3.64. The number of carbonyl (C=O) groups is 2. The second-order valence-electron chi connectivity index (χ2n) is 6.46. The molecule has 2 aromatic rings. The summed E-state index contributed by atoms with van der Waals surface area (Å²) in [6.07, 6.45) is -0.649. The second kappa shape index (κ2) is 8.45. The third kappa shape index (κ3) is 6.01. The zero-order valence-corrected chi connectivity index (χ0v) is 16.7. The third-order valence-electron chi connectivity index (χ3n) is 3.12. The van der Waals surface area contributed by atoms with E-state index in [1.807, 2.05) is 0 Å². The van der Waals surface area contributed by atoms with E-state index in [4.69, 9.17) is 32.7 Å². The number of amides is 2. The fraction of sp³-hybridized carbons (Fsp3) is 0.278. The highest BCUT2D eigenvalue weighted by atomic mass is 35.5. The second-order valence-corrected chi connectivity index (χ2v) is 7.25. The van der Waals surface area contributed by atoms with Crippen LogP contribution in [-0.2, 0) is 4.74 Å². The van der Waals surface area contributed by atoms with Crippen LogP contribution in [0, 0.1) is 0 Å². The van der Waals surface area contributed by atoms with Gasteiger partial charge in [0.15, 0.2) is 0 Å². The van der Waals surface area contributed by atoms with Gasteiger partial charge in [-0.05, 0) is 51.1 Å². The van der Waals surface area contributed by atoms with Crippen molar-refractivity contribution >= 4 is 46.6 Å². The van der Waals surface area contributed by atoms with Crippen molar-refractivity contribution in [1.29, 1.82) is 0 Å². The number of hydrogen-bond acceptors (Lipinski definition) is 5. The van der Waals surface area contributed by atoms with Crippen LogP contribution >= 0.6 is 23.2 Å². The van der Waals surface area contributed by atoms with Crippen LogP contribution in [0.5, 0.6) is 5.75 Å². The summed E-state index contributed by atoms with van der Waals surface area (Å²) in [5.41, 5.74) is 0.0547. The molecule has 0 fully saturated rings. The van der Waals surface area contributed by atoms with Crippen LogP contribution in [0.2, 0.25) is 10.2 Å². The number of hydrogen-bond donors (Lipinski definition) is 2. The summed E-state index contributed by atoms with van der Waals surface area (Å²) >= 11 is 11.8. The van der Waals surface area contributed by atoms with Crippen LogP contribution in [0.1, 0.15) is 31.3 Å². The molecule has 7 nitrogen and oxygen atoms in total. The molecule has 0 saturated heterocycles. The maximum atomic E-state index is 12.4. The van der Waals surface area contributed by atoms with Crippen molar-refractivity contribution in [2.45, 2.75) is 26.4 Å². The van der Waals surface area contributed by atoms with Crippen molar-refractivity contribution in [3.05, 3.63) is 46.2 Å². The molecule has 0 radical (unpaired) electrons. The first-order chi connectivity index (χ1) is 12.6. The van der Waals surface area contributed by atoms with Gasteiger partial charge in [-0.15, -0.1) is 0 Å². The van der Waals surface area contributed by atoms with Gasteiger partial charge in [0, 0.05) is 5.69 Å². The lowest BCUT2D eigenvalue weighted by molar-refractivity contribution is 0.0635. The molecule has 9 heteroatoms. The minimum Gasteiger partial charge on any atom is -0.495 e. The number of ether oxygens (including phenoxy) is 2. The molecule has 0 bridgehead atoms. The van der Waals surface area contributed by atoms with Gasteiger partial charge in [-0.2, -0.15) is 0 Å². The highest BCUT2D eigenvalue weighted by Crippen LogP contribution is 2.29. The molecule has 0 saturated carbocycles. The molecule has 0 aliphatic carbocycles. The molecule has 2 N–H and O–H groups in total. The minimum absolute atomic E-state index is 0.0124. The summed E-state index contributed by atoms with van der Waals surface area (Å²) in [4.78, 5) is 28.3. The van der Waals surface area contributed by atoms with Crippen LogP contribution in [0.25, 0.3) is 0 Å². The Kier molecular flexibility index (Phi) is 6.51. The molecule has 2 rings (SSSR count). The smallest absolute Gasteiger partial charge is 0.412 e. The lowest BCUT2D eigenvalue weighted by atomic mass is 10.2.